The molecule has 7 nitrogen and oxygen atoms in total. The minimum Gasteiger partial charge on any atom is -0.361 e. The summed E-state index contributed by atoms with van der Waals surface area (Å²) in [5.74, 6) is 0.467. The Bertz CT molecular complexity index is 456. The standard InChI is InChI=1S/C13H25N5O2/c1-5-6-7-11(8-14)15-13-12(18(19)20)10(4)16-17(13)9(2)3/h9,11,15H,5-8,14H2,1-4H3. The number of unbranched alkanes of at least 4 members (excludes halogenated alkanes) is 1. The van der Waals surface area contributed by atoms with E-state index in [4.69, 9.17) is 5.73 Å². The van der Waals surface area contributed by atoms with Gasteiger partial charge in [0.15, 0.2) is 0 Å². The summed E-state index contributed by atoms with van der Waals surface area (Å²) < 4.78 is 1.67. The van der Waals surface area contributed by atoms with E-state index in [1.54, 1.807) is 11.6 Å². The van der Waals surface area contributed by atoms with Gasteiger partial charge in [0.05, 0.1) is 4.92 Å². The van der Waals surface area contributed by atoms with E-state index in [1.165, 1.54) is 0 Å². The summed E-state index contributed by atoms with van der Waals surface area (Å²) in [6, 6.07) is 0.0803. The molecular weight excluding hydrogens is 258 g/mol. The molecule has 0 aliphatic carbocycles. The molecule has 0 amide bonds. The molecule has 1 aromatic heterocycles. The van der Waals surface area contributed by atoms with Crippen LogP contribution in [-0.2, 0) is 0 Å². The van der Waals surface area contributed by atoms with Crippen LogP contribution in [0.1, 0.15) is 51.8 Å². The van der Waals surface area contributed by atoms with E-state index >= 15 is 0 Å². The predicted octanol–water partition coefficient (Wildman–Crippen LogP) is 2.61. The maximum atomic E-state index is 11.2. The van der Waals surface area contributed by atoms with Crippen molar-refractivity contribution >= 4 is 11.5 Å². The summed E-state index contributed by atoms with van der Waals surface area (Å²) >= 11 is 0. The van der Waals surface area contributed by atoms with E-state index in [0.29, 0.717) is 18.1 Å². The van der Waals surface area contributed by atoms with Crippen molar-refractivity contribution in [3.05, 3.63) is 15.8 Å². The molecule has 0 aliphatic rings. The molecule has 0 bridgehead atoms. The molecule has 7 heteroatoms. The van der Waals surface area contributed by atoms with Crippen LogP contribution in [0.25, 0.3) is 0 Å². The third kappa shape index (κ3) is 3.69. The fourth-order valence-electron chi connectivity index (χ4n) is 2.16. The summed E-state index contributed by atoms with van der Waals surface area (Å²) in [6.45, 7) is 8.11. The van der Waals surface area contributed by atoms with Crippen LogP contribution < -0.4 is 11.1 Å². The first-order valence-electron chi connectivity index (χ1n) is 7.12. The van der Waals surface area contributed by atoms with Gasteiger partial charge in [-0.05, 0) is 27.2 Å². The van der Waals surface area contributed by atoms with Crippen LogP contribution in [0, 0.1) is 17.0 Å². The second-order valence-electron chi connectivity index (χ2n) is 5.30. The Morgan fingerprint density at radius 2 is 2.15 bits per heavy atom. The summed E-state index contributed by atoms with van der Waals surface area (Å²) in [5.41, 5.74) is 6.24. The van der Waals surface area contributed by atoms with Crippen LogP contribution in [0.5, 0.6) is 0 Å². The van der Waals surface area contributed by atoms with Gasteiger partial charge in [-0.2, -0.15) is 5.10 Å². The Kier molecular flexibility index (Phi) is 5.94. The number of aromatic nitrogens is 2. The fraction of sp³-hybridized carbons (Fsp3) is 0.769. The molecule has 3 N–H and O–H groups in total. The Hall–Kier alpha value is -1.63. The third-order valence-corrected chi connectivity index (χ3v) is 3.26. The van der Waals surface area contributed by atoms with Crippen molar-refractivity contribution in [2.24, 2.45) is 5.73 Å². The zero-order valence-corrected chi connectivity index (χ0v) is 12.7. The molecule has 1 aromatic rings. The maximum absolute atomic E-state index is 11.2. The van der Waals surface area contributed by atoms with E-state index in [-0.39, 0.29) is 22.7 Å². The van der Waals surface area contributed by atoms with E-state index in [9.17, 15) is 10.1 Å². The summed E-state index contributed by atoms with van der Waals surface area (Å²) in [7, 11) is 0. The highest BCUT2D eigenvalue weighted by molar-refractivity contribution is 5.60. The van der Waals surface area contributed by atoms with Gasteiger partial charge in [-0.3, -0.25) is 10.1 Å². The molecule has 0 saturated carbocycles. The Balaban J connectivity index is 3.09. The molecule has 0 aromatic carbocycles. The van der Waals surface area contributed by atoms with Crippen LogP contribution in [0.4, 0.5) is 11.5 Å². The summed E-state index contributed by atoms with van der Waals surface area (Å²) in [6.07, 6.45) is 3.01. The molecule has 1 unspecified atom stereocenters. The summed E-state index contributed by atoms with van der Waals surface area (Å²) in [5, 5.41) is 18.7. The monoisotopic (exact) mass is 283 g/mol. The molecule has 20 heavy (non-hydrogen) atoms. The zero-order chi connectivity index (χ0) is 15.3. The highest BCUT2D eigenvalue weighted by atomic mass is 16.6. The lowest BCUT2D eigenvalue weighted by atomic mass is 10.1. The lowest BCUT2D eigenvalue weighted by Gasteiger charge is -2.19. The highest BCUT2D eigenvalue weighted by Gasteiger charge is 2.27. The SMILES string of the molecule is CCCCC(CN)Nc1c([N+](=O)[O-])c(C)nn1C(C)C. The summed E-state index contributed by atoms with van der Waals surface area (Å²) in [4.78, 5) is 10.9. The third-order valence-electron chi connectivity index (χ3n) is 3.26. The van der Waals surface area contributed by atoms with E-state index in [1.807, 2.05) is 13.8 Å². The van der Waals surface area contributed by atoms with Crippen molar-refractivity contribution in [3.8, 4) is 0 Å². The molecule has 0 aliphatic heterocycles. The molecule has 0 saturated heterocycles. The first kappa shape index (κ1) is 16.4. The minimum atomic E-state index is -0.378. The Labute approximate surface area is 119 Å². The molecule has 1 rings (SSSR count). The zero-order valence-electron chi connectivity index (χ0n) is 12.7. The molecule has 114 valence electrons. The first-order chi connectivity index (χ1) is 9.42. The van der Waals surface area contributed by atoms with Crippen molar-refractivity contribution in [3.63, 3.8) is 0 Å². The Morgan fingerprint density at radius 1 is 1.50 bits per heavy atom. The van der Waals surface area contributed by atoms with Gasteiger partial charge in [0.1, 0.15) is 5.69 Å². The number of nitrogens with two attached hydrogens (primary N) is 1. The highest BCUT2D eigenvalue weighted by Crippen LogP contribution is 2.31. The van der Waals surface area contributed by atoms with Crippen LogP contribution in [-0.4, -0.2) is 27.3 Å². The maximum Gasteiger partial charge on any atom is 0.333 e. The van der Waals surface area contributed by atoms with Gasteiger partial charge >= 0.3 is 5.69 Å². The number of nitro groups is 1. The smallest absolute Gasteiger partial charge is 0.333 e. The predicted molar refractivity (Wildman–Crippen MR) is 80.0 cm³/mol. The topological polar surface area (TPSA) is 99.0 Å². The van der Waals surface area contributed by atoms with E-state index in [0.717, 1.165) is 19.3 Å². The minimum absolute atomic E-state index is 0.0299. The van der Waals surface area contributed by atoms with Crippen molar-refractivity contribution in [2.75, 3.05) is 11.9 Å². The average molecular weight is 283 g/mol. The van der Waals surface area contributed by atoms with Gasteiger partial charge in [0, 0.05) is 18.6 Å². The lowest BCUT2D eigenvalue weighted by Crippen LogP contribution is -2.30. The number of hydrogen-bond donors (Lipinski definition) is 2. The molecule has 1 atom stereocenters. The van der Waals surface area contributed by atoms with Crippen LogP contribution in [0.2, 0.25) is 0 Å². The van der Waals surface area contributed by atoms with Crippen molar-refractivity contribution in [1.82, 2.24) is 9.78 Å². The molecule has 0 radical (unpaired) electrons. The quantitative estimate of drug-likeness (QED) is 0.564. The fourth-order valence-corrected chi connectivity index (χ4v) is 2.16. The van der Waals surface area contributed by atoms with Gasteiger partial charge in [0.2, 0.25) is 5.82 Å². The largest absolute Gasteiger partial charge is 0.361 e. The van der Waals surface area contributed by atoms with Crippen LogP contribution >= 0.6 is 0 Å². The van der Waals surface area contributed by atoms with Gasteiger partial charge < -0.3 is 11.1 Å². The molecular formula is C13H25N5O2. The lowest BCUT2D eigenvalue weighted by molar-refractivity contribution is -0.384. The number of hydrogen-bond acceptors (Lipinski definition) is 5. The number of anilines is 1. The van der Waals surface area contributed by atoms with Crippen molar-refractivity contribution in [1.29, 1.82) is 0 Å². The van der Waals surface area contributed by atoms with Gasteiger partial charge in [0.25, 0.3) is 0 Å². The normalized spacial score (nSPS) is 12.7. The number of nitrogens with zero attached hydrogens (tertiary/aromatic N) is 3. The molecule has 0 fully saturated rings. The number of aryl methyl sites for hydroxylation is 1. The van der Waals surface area contributed by atoms with E-state index in [2.05, 4.69) is 17.3 Å². The van der Waals surface area contributed by atoms with Gasteiger partial charge in [-0.15, -0.1) is 0 Å². The van der Waals surface area contributed by atoms with E-state index < -0.39 is 0 Å². The first-order valence-corrected chi connectivity index (χ1v) is 7.12. The second-order valence-corrected chi connectivity index (χ2v) is 5.30. The Morgan fingerprint density at radius 3 is 2.60 bits per heavy atom. The molecule has 0 spiro atoms. The van der Waals surface area contributed by atoms with Crippen LogP contribution in [0.3, 0.4) is 0 Å². The van der Waals surface area contributed by atoms with Crippen molar-refractivity contribution < 1.29 is 4.92 Å². The van der Waals surface area contributed by atoms with Gasteiger partial charge in [-0.25, -0.2) is 4.68 Å². The molecule has 1 heterocycles. The second kappa shape index (κ2) is 7.23. The van der Waals surface area contributed by atoms with Gasteiger partial charge in [-0.1, -0.05) is 19.8 Å². The van der Waals surface area contributed by atoms with Crippen molar-refractivity contribution in [2.45, 2.75) is 59.0 Å². The number of nitrogens with one attached hydrogen (secondary N) is 1. The average Bonchev–Trinajstić information content (AvgIpc) is 2.71. The van der Waals surface area contributed by atoms with Crippen LogP contribution in [0.15, 0.2) is 0 Å². The number of rotatable bonds is 8.